The summed E-state index contributed by atoms with van der Waals surface area (Å²) in [4.78, 5) is 0. The molecular weight excluding hydrogens is 164 g/mol. The lowest BCUT2D eigenvalue weighted by molar-refractivity contribution is 1.45. The van der Waals surface area contributed by atoms with Crippen molar-refractivity contribution in [1.29, 1.82) is 0 Å². The molecule has 0 nitrogen and oxygen atoms in total. The Morgan fingerprint density at radius 3 is 2.14 bits per heavy atom. The Morgan fingerprint density at radius 2 is 1.86 bits per heavy atom. The third kappa shape index (κ3) is 2.44. The molecular formula is C3H6S4. The molecule has 1 rings (SSSR count). The summed E-state index contributed by atoms with van der Waals surface area (Å²) < 4.78 is 0.795. The Balaban J connectivity index is 2.12. The van der Waals surface area contributed by atoms with Gasteiger partial charge in [-0.3, -0.25) is 0 Å². The van der Waals surface area contributed by atoms with Crippen molar-refractivity contribution in [3.05, 3.63) is 0 Å². The maximum absolute atomic E-state index is 2.24. The molecule has 1 fully saturated rings. The molecule has 0 bridgehead atoms. The molecule has 7 heavy (non-hydrogen) atoms. The van der Waals surface area contributed by atoms with Gasteiger partial charge in [0.2, 0.25) is 0 Å². The van der Waals surface area contributed by atoms with Crippen molar-refractivity contribution in [3.63, 3.8) is 0 Å². The molecule has 0 N–H and O–H groups in total. The molecule has 0 aromatic rings. The second kappa shape index (κ2) is 3.43. The van der Waals surface area contributed by atoms with Crippen molar-refractivity contribution in [2.75, 3.05) is 5.08 Å². The van der Waals surface area contributed by atoms with Crippen LogP contribution in [0.4, 0.5) is 0 Å². The minimum Gasteiger partial charge on any atom is -0.0811 e. The summed E-state index contributed by atoms with van der Waals surface area (Å²) in [6.45, 7) is 2.24. The van der Waals surface area contributed by atoms with Crippen LogP contribution in [0.2, 0.25) is 0 Å². The Bertz CT molecular complexity index is 48.9. The molecule has 0 atom stereocenters. The topological polar surface area (TPSA) is 0 Å². The van der Waals surface area contributed by atoms with Crippen molar-refractivity contribution in [2.24, 2.45) is 0 Å². The average molecular weight is 170 g/mol. The van der Waals surface area contributed by atoms with E-state index in [4.69, 9.17) is 0 Å². The quantitative estimate of drug-likeness (QED) is 0.512. The second-order valence-corrected chi connectivity index (χ2v) is 7.19. The first-order valence-electron chi connectivity index (χ1n) is 1.96. The molecule has 1 aliphatic rings. The minimum absolute atomic E-state index is 0.795. The van der Waals surface area contributed by atoms with Crippen LogP contribution in [0.1, 0.15) is 6.92 Å². The van der Waals surface area contributed by atoms with Crippen LogP contribution in [0.15, 0.2) is 0 Å². The lowest BCUT2D eigenvalue weighted by Gasteiger charge is -2.13. The summed E-state index contributed by atoms with van der Waals surface area (Å²) in [5, 5.41) is 1.25. The van der Waals surface area contributed by atoms with Gasteiger partial charge in [0.15, 0.2) is 0 Å². The fourth-order valence-corrected chi connectivity index (χ4v) is 7.11. The van der Waals surface area contributed by atoms with Crippen molar-refractivity contribution in [3.8, 4) is 0 Å². The highest BCUT2D eigenvalue weighted by Gasteiger charge is 2.08. The van der Waals surface area contributed by atoms with E-state index in [0.29, 0.717) is 0 Å². The van der Waals surface area contributed by atoms with E-state index in [9.17, 15) is 0 Å². The van der Waals surface area contributed by atoms with Crippen molar-refractivity contribution in [1.82, 2.24) is 0 Å². The van der Waals surface area contributed by atoms with Crippen molar-refractivity contribution in [2.45, 2.75) is 11.5 Å². The molecule has 0 radical (unpaired) electrons. The van der Waals surface area contributed by atoms with Crippen molar-refractivity contribution >= 4 is 43.2 Å². The zero-order chi connectivity index (χ0) is 5.11. The molecule has 0 saturated carbocycles. The van der Waals surface area contributed by atoms with Crippen LogP contribution in [0, 0.1) is 0 Å². The van der Waals surface area contributed by atoms with Crippen LogP contribution in [0.5, 0.6) is 0 Å². The Morgan fingerprint density at radius 1 is 1.29 bits per heavy atom. The van der Waals surface area contributed by atoms with E-state index in [1.807, 2.05) is 43.2 Å². The first-order chi connectivity index (χ1) is 3.39. The van der Waals surface area contributed by atoms with E-state index in [0.717, 1.165) is 4.58 Å². The smallest absolute Gasteiger partial charge is 0.0682 e. The SMILES string of the molecule is CC1SSCSS1. The van der Waals surface area contributed by atoms with Gasteiger partial charge < -0.3 is 0 Å². The van der Waals surface area contributed by atoms with E-state index < -0.39 is 0 Å². The van der Waals surface area contributed by atoms with E-state index in [-0.39, 0.29) is 0 Å². The summed E-state index contributed by atoms with van der Waals surface area (Å²) in [5.74, 6) is 0. The summed E-state index contributed by atoms with van der Waals surface area (Å²) in [6, 6.07) is 0. The molecule has 42 valence electrons. The third-order valence-corrected chi connectivity index (χ3v) is 7.68. The Kier molecular flexibility index (Phi) is 3.19. The maximum Gasteiger partial charge on any atom is 0.0682 e. The van der Waals surface area contributed by atoms with Crippen molar-refractivity contribution < 1.29 is 0 Å². The van der Waals surface area contributed by atoms with Gasteiger partial charge in [0.1, 0.15) is 0 Å². The molecule has 1 heterocycles. The Hall–Kier alpha value is 1.40. The number of hydrogen-bond donors (Lipinski definition) is 0. The van der Waals surface area contributed by atoms with Gasteiger partial charge >= 0.3 is 0 Å². The summed E-state index contributed by atoms with van der Waals surface area (Å²) >= 11 is 0. The number of rotatable bonds is 0. The number of hydrogen-bond acceptors (Lipinski definition) is 4. The zero-order valence-corrected chi connectivity index (χ0v) is 7.18. The molecule has 0 spiro atoms. The van der Waals surface area contributed by atoms with Crippen LogP contribution < -0.4 is 0 Å². The fourth-order valence-electron chi connectivity index (χ4n) is 0.283. The molecule has 0 aliphatic carbocycles. The van der Waals surface area contributed by atoms with E-state index in [1.165, 1.54) is 5.08 Å². The highest BCUT2D eigenvalue weighted by atomic mass is 33.2. The van der Waals surface area contributed by atoms with Crippen LogP contribution >= 0.6 is 43.2 Å². The summed E-state index contributed by atoms with van der Waals surface area (Å²) in [6.07, 6.45) is 0. The first-order valence-corrected chi connectivity index (χ1v) is 6.72. The van der Waals surface area contributed by atoms with Gasteiger partial charge in [0.05, 0.1) is 9.67 Å². The normalized spacial score (nSPS) is 25.3. The highest BCUT2D eigenvalue weighted by Crippen LogP contribution is 2.47. The maximum atomic E-state index is 2.24. The van der Waals surface area contributed by atoms with Gasteiger partial charge in [0, 0.05) is 0 Å². The monoisotopic (exact) mass is 170 g/mol. The van der Waals surface area contributed by atoms with Crippen LogP contribution in [-0.2, 0) is 0 Å². The average Bonchev–Trinajstić information content (AvgIpc) is 1.69. The van der Waals surface area contributed by atoms with E-state index >= 15 is 0 Å². The Labute approximate surface area is 59.8 Å². The van der Waals surface area contributed by atoms with E-state index in [2.05, 4.69) is 6.92 Å². The molecule has 0 aromatic carbocycles. The predicted octanol–water partition coefficient (Wildman–Crippen LogP) is 3.07. The molecule has 1 saturated heterocycles. The summed E-state index contributed by atoms with van der Waals surface area (Å²) in [7, 11) is 7.88. The predicted molar refractivity (Wildman–Crippen MR) is 44.7 cm³/mol. The van der Waals surface area contributed by atoms with Gasteiger partial charge in [-0.25, -0.2) is 0 Å². The van der Waals surface area contributed by atoms with Crippen LogP contribution in [0.3, 0.4) is 0 Å². The summed E-state index contributed by atoms with van der Waals surface area (Å²) in [5.41, 5.74) is 0. The third-order valence-electron chi connectivity index (χ3n) is 0.503. The molecule has 0 aromatic heterocycles. The van der Waals surface area contributed by atoms with Gasteiger partial charge in [-0.1, -0.05) is 43.2 Å². The first kappa shape index (κ1) is 6.52. The van der Waals surface area contributed by atoms with E-state index in [1.54, 1.807) is 0 Å². The standard InChI is InChI=1S/C3H6S4/c1-3-6-4-2-5-7-3/h3H,2H2,1H3. The minimum atomic E-state index is 0.795. The zero-order valence-electron chi connectivity index (χ0n) is 3.92. The molecule has 1 aliphatic heterocycles. The van der Waals surface area contributed by atoms with Gasteiger partial charge in [-0.2, -0.15) is 0 Å². The lowest BCUT2D eigenvalue weighted by Crippen LogP contribution is -1.86. The second-order valence-electron chi connectivity index (χ2n) is 1.11. The van der Waals surface area contributed by atoms with Crippen LogP contribution in [0.25, 0.3) is 0 Å². The molecule has 0 amide bonds. The van der Waals surface area contributed by atoms with Gasteiger partial charge in [0.25, 0.3) is 0 Å². The largest absolute Gasteiger partial charge is 0.0811 e. The van der Waals surface area contributed by atoms with Gasteiger partial charge in [-0.15, -0.1) is 0 Å². The van der Waals surface area contributed by atoms with Gasteiger partial charge in [-0.05, 0) is 6.92 Å². The highest BCUT2D eigenvalue weighted by molar-refractivity contribution is 8.92. The fraction of sp³-hybridized carbons (Fsp3) is 1.00. The molecule has 4 heteroatoms. The molecule has 0 unspecified atom stereocenters. The lowest BCUT2D eigenvalue weighted by atomic mass is 11.0. The van der Waals surface area contributed by atoms with Crippen LogP contribution in [-0.4, -0.2) is 9.67 Å².